The van der Waals surface area contributed by atoms with Crippen LogP contribution in [0.4, 0.5) is 33.3 Å². The molecule has 6 nitrogen and oxygen atoms in total. The van der Waals surface area contributed by atoms with E-state index in [1.165, 1.54) is 42.6 Å². The van der Waals surface area contributed by atoms with E-state index in [2.05, 4.69) is 25.2 Å². The smallest absolute Gasteiger partial charge is 0.396 e. The van der Waals surface area contributed by atoms with Crippen LogP contribution in [-0.4, -0.2) is 44.2 Å². The van der Waals surface area contributed by atoms with Gasteiger partial charge < -0.3 is 10.4 Å². The molecule has 206 valence electrons. The second-order valence-electron chi connectivity index (χ2n) is 9.32. The molecular weight excluding hydrogens is 517 g/mol. The lowest BCUT2D eigenvalue weighted by Gasteiger charge is -2.26. The topological polar surface area (TPSA) is 74.2 Å². The van der Waals surface area contributed by atoms with E-state index in [1.807, 2.05) is 13.8 Å². The number of pyridine rings is 3. The van der Waals surface area contributed by atoms with Crippen molar-refractivity contribution < 1.29 is 27.1 Å². The second-order valence-corrected chi connectivity index (χ2v) is 9.32. The number of aliphatic hydroxyl groups excluding tert-OH is 1. The van der Waals surface area contributed by atoms with E-state index >= 15 is 0 Å². The van der Waals surface area contributed by atoms with E-state index in [4.69, 9.17) is 0 Å². The molecule has 3 aromatic heterocycles. The Morgan fingerprint density at radius 3 is 2.38 bits per heavy atom. The van der Waals surface area contributed by atoms with Crippen molar-refractivity contribution in [2.75, 3.05) is 18.5 Å². The van der Waals surface area contributed by atoms with Gasteiger partial charge in [0.25, 0.3) is 6.43 Å². The summed E-state index contributed by atoms with van der Waals surface area (Å²) in [5.74, 6) is 0. The zero-order valence-corrected chi connectivity index (χ0v) is 21.4. The third-order valence-electron chi connectivity index (χ3n) is 6.22. The van der Waals surface area contributed by atoms with E-state index in [0.717, 1.165) is 6.07 Å². The molecule has 4 rings (SSSR count). The van der Waals surface area contributed by atoms with Gasteiger partial charge in [0, 0.05) is 48.6 Å². The molecule has 11 heteroatoms. The molecule has 4 aromatic rings. The number of rotatable bonds is 10. The van der Waals surface area contributed by atoms with Crippen LogP contribution in [0.3, 0.4) is 0 Å². The van der Waals surface area contributed by atoms with Crippen LogP contribution in [-0.2, 0) is 12.7 Å². The molecule has 0 aliphatic rings. The number of alkyl halides is 5. The maximum Gasteiger partial charge on any atom is 0.418 e. The van der Waals surface area contributed by atoms with Crippen molar-refractivity contribution in [3.05, 3.63) is 77.6 Å². The van der Waals surface area contributed by atoms with Crippen LogP contribution >= 0.6 is 0 Å². The predicted octanol–water partition coefficient (Wildman–Crippen LogP) is 6.98. The highest BCUT2D eigenvalue weighted by Gasteiger charge is 2.34. The van der Waals surface area contributed by atoms with Gasteiger partial charge in [-0.1, -0.05) is 12.1 Å². The average Bonchev–Trinajstić information content (AvgIpc) is 2.90. The van der Waals surface area contributed by atoms with Gasteiger partial charge in [-0.15, -0.1) is 0 Å². The Bertz CT molecular complexity index is 1410. The first-order valence-corrected chi connectivity index (χ1v) is 12.4. The van der Waals surface area contributed by atoms with Crippen molar-refractivity contribution >= 4 is 22.4 Å². The Balaban J connectivity index is 1.81. The van der Waals surface area contributed by atoms with E-state index < -0.39 is 18.2 Å². The lowest BCUT2D eigenvalue weighted by Crippen LogP contribution is -2.32. The third-order valence-corrected chi connectivity index (χ3v) is 6.22. The number of anilines is 2. The minimum Gasteiger partial charge on any atom is -0.396 e. The molecule has 0 saturated carbocycles. The maximum atomic E-state index is 13.7. The zero-order valence-electron chi connectivity index (χ0n) is 21.4. The Morgan fingerprint density at radius 2 is 1.74 bits per heavy atom. The number of benzene rings is 1. The van der Waals surface area contributed by atoms with Gasteiger partial charge in [0.15, 0.2) is 5.65 Å². The lowest BCUT2D eigenvalue weighted by atomic mass is 10.1. The van der Waals surface area contributed by atoms with Crippen molar-refractivity contribution in [2.45, 2.75) is 45.5 Å². The first kappa shape index (κ1) is 28.3. The van der Waals surface area contributed by atoms with Gasteiger partial charge in [0.1, 0.15) is 5.69 Å². The van der Waals surface area contributed by atoms with E-state index in [-0.39, 0.29) is 35.2 Å². The summed E-state index contributed by atoms with van der Waals surface area (Å²) in [7, 11) is 0. The van der Waals surface area contributed by atoms with Crippen LogP contribution in [0.15, 0.2) is 60.8 Å². The molecule has 0 aliphatic carbocycles. The Kier molecular flexibility index (Phi) is 8.71. The first-order valence-electron chi connectivity index (χ1n) is 12.4. The summed E-state index contributed by atoms with van der Waals surface area (Å²) in [4.78, 5) is 15.2. The summed E-state index contributed by atoms with van der Waals surface area (Å²) < 4.78 is 67.0. The fraction of sp³-hybridized carbons (Fsp3) is 0.321. The van der Waals surface area contributed by atoms with Crippen molar-refractivity contribution in [3.63, 3.8) is 0 Å². The normalized spacial score (nSPS) is 12.2. The monoisotopic (exact) mass is 545 g/mol. The highest BCUT2D eigenvalue weighted by atomic mass is 19.4. The van der Waals surface area contributed by atoms with Gasteiger partial charge in [-0.25, -0.2) is 18.7 Å². The van der Waals surface area contributed by atoms with Gasteiger partial charge in [0.2, 0.25) is 0 Å². The molecule has 1 aromatic carbocycles. The van der Waals surface area contributed by atoms with Crippen LogP contribution < -0.4 is 5.32 Å². The maximum absolute atomic E-state index is 13.7. The Labute approximate surface area is 222 Å². The number of hydrogen-bond acceptors (Lipinski definition) is 6. The molecule has 0 unspecified atom stereocenters. The van der Waals surface area contributed by atoms with Crippen molar-refractivity contribution in [3.8, 4) is 11.4 Å². The highest BCUT2D eigenvalue weighted by Crippen LogP contribution is 2.36. The van der Waals surface area contributed by atoms with Crippen molar-refractivity contribution in [1.82, 2.24) is 19.9 Å². The number of fused-ring (bicyclic) bond motifs is 1. The van der Waals surface area contributed by atoms with Gasteiger partial charge in [0.05, 0.1) is 22.6 Å². The molecule has 0 atom stereocenters. The Morgan fingerprint density at radius 1 is 1.00 bits per heavy atom. The number of nitrogens with zero attached hydrogens (tertiary/aromatic N) is 4. The molecule has 0 radical (unpaired) electrons. The van der Waals surface area contributed by atoms with Crippen LogP contribution in [0.2, 0.25) is 0 Å². The quantitative estimate of drug-likeness (QED) is 0.209. The molecule has 0 saturated heterocycles. The number of aliphatic hydroxyl groups is 1. The molecule has 0 spiro atoms. The second kappa shape index (κ2) is 12.0. The zero-order chi connectivity index (χ0) is 28.2. The minimum absolute atomic E-state index is 0.0216. The molecule has 3 heterocycles. The van der Waals surface area contributed by atoms with E-state index in [0.29, 0.717) is 42.0 Å². The number of nitrogens with one attached hydrogen (secondary N) is 1. The summed E-state index contributed by atoms with van der Waals surface area (Å²) >= 11 is 0. The molecular formula is C28H28F5N5O. The highest BCUT2D eigenvalue weighted by molar-refractivity contribution is 5.92. The summed E-state index contributed by atoms with van der Waals surface area (Å²) in [5, 5.41) is 13.0. The van der Waals surface area contributed by atoms with Gasteiger partial charge in [-0.3, -0.25) is 9.88 Å². The number of halogens is 5. The number of hydrogen-bond donors (Lipinski definition) is 2. The fourth-order valence-electron chi connectivity index (χ4n) is 4.18. The molecule has 0 amide bonds. The number of aromatic nitrogens is 3. The SMILES string of the molecule is CC(C)N(CCCO)Cc1cc(Nc2ccc(C(F)F)cc2)c2ccc(-c3ncccc3C(F)(F)F)nc2n1. The van der Waals surface area contributed by atoms with Crippen molar-refractivity contribution in [1.29, 1.82) is 0 Å². The van der Waals surface area contributed by atoms with Crippen LogP contribution in [0.5, 0.6) is 0 Å². The van der Waals surface area contributed by atoms with Crippen LogP contribution in [0.25, 0.3) is 22.4 Å². The molecule has 0 bridgehead atoms. The first-order chi connectivity index (χ1) is 18.6. The standard InChI is InChI=1S/C28H28F5N5O/c1-17(2)38(13-4-14-39)16-20-15-24(35-19-8-6-18(7-9-19)26(29)30)21-10-11-23(37-27(21)36-20)25-22(28(31,32)33)5-3-12-34-25/h3,5-12,15,17,26,39H,4,13-14,16H2,1-2H3,(H,35,36,37). The minimum atomic E-state index is -4.61. The van der Waals surface area contributed by atoms with Crippen LogP contribution in [0, 0.1) is 0 Å². The van der Waals surface area contributed by atoms with Crippen molar-refractivity contribution in [2.24, 2.45) is 0 Å². The van der Waals surface area contributed by atoms with E-state index in [9.17, 15) is 27.1 Å². The molecule has 2 N–H and O–H groups in total. The average molecular weight is 546 g/mol. The van der Waals surface area contributed by atoms with Gasteiger partial charge >= 0.3 is 6.18 Å². The summed E-state index contributed by atoms with van der Waals surface area (Å²) in [6.45, 7) is 5.07. The van der Waals surface area contributed by atoms with Gasteiger partial charge in [-0.2, -0.15) is 13.2 Å². The fourth-order valence-corrected chi connectivity index (χ4v) is 4.18. The lowest BCUT2D eigenvalue weighted by molar-refractivity contribution is -0.137. The van der Waals surface area contributed by atoms with E-state index in [1.54, 1.807) is 12.1 Å². The van der Waals surface area contributed by atoms with Crippen LogP contribution in [0.1, 0.15) is 43.5 Å². The molecule has 0 aliphatic heterocycles. The summed E-state index contributed by atoms with van der Waals surface area (Å²) in [6.07, 6.45) is -5.37. The summed E-state index contributed by atoms with van der Waals surface area (Å²) in [5.41, 5.74) is 0.633. The predicted molar refractivity (Wildman–Crippen MR) is 140 cm³/mol. The third kappa shape index (κ3) is 6.85. The molecule has 39 heavy (non-hydrogen) atoms. The molecule has 0 fully saturated rings. The Hall–Kier alpha value is -3.70. The summed E-state index contributed by atoms with van der Waals surface area (Å²) in [6, 6.07) is 12.9. The van der Waals surface area contributed by atoms with Gasteiger partial charge in [-0.05, 0) is 62.7 Å². The largest absolute Gasteiger partial charge is 0.418 e.